The fourth-order valence-electron chi connectivity index (χ4n) is 3.31. The maximum Gasteiger partial charge on any atom is 0.236 e. The summed E-state index contributed by atoms with van der Waals surface area (Å²) in [7, 11) is 0. The lowest BCUT2D eigenvalue weighted by molar-refractivity contribution is -0.116. The lowest BCUT2D eigenvalue weighted by Crippen LogP contribution is -2.25. The zero-order valence-corrected chi connectivity index (χ0v) is 15.1. The molecule has 0 spiro atoms. The molecule has 0 fully saturated rings. The number of hydrogen-bond acceptors (Lipinski definition) is 3. The van der Waals surface area contributed by atoms with E-state index in [2.05, 4.69) is 12.2 Å². The first-order valence-corrected chi connectivity index (χ1v) is 9.16. The van der Waals surface area contributed by atoms with E-state index in [9.17, 15) is 4.79 Å². The summed E-state index contributed by atoms with van der Waals surface area (Å²) in [5, 5.41) is 3.05. The van der Waals surface area contributed by atoms with Crippen molar-refractivity contribution < 1.29 is 14.3 Å². The number of carbonyl (C=O) groups is 1. The van der Waals surface area contributed by atoms with Crippen LogP contribution < -0.4 is 14.8 Å². The predicted molar refractivity (Wildman–Crippen MR) is 106 cm³/mol. The molecule has 0 saturated heterocycles. The molecule has 0 saturated carbocycles. The van der Waals surface area contributed by atoms with Crippen molar-refractivity contribution in [1.29, 1.82) is 0 Å². The van der Waals surface area contributed by atoms with Crippen LogP contribution in [0.4, 0.5) is 5.69 Å². The van der Waals surface area contributed by atoms with Gasteiger partial charge in [0.05, 0.1) is 18.2 Å². The van der Waals surface area contributed by atoms with Gasteiger partial charge in [0.2, 0.25) is 5.91 Å². The van der Waals surface area contributed by atoms with Gasteiger partial charge in [-0.1, -0.05) is 55.5 Å². The minimum absolute atomic E-state index is 0.106. The van der Waals surface area contributed by atoms with E-state index in [1.807, 2.05) is 72.8 Å². The van der Waals surface area contributed by atoms with Gasteiger partial charge < -0.3 is 14.8 Å². The second-order valence-corrected chi connectivity index (χ2v) is 6.44. The number of nitrogens with one attached hydrogen (secondary N) is 1. The first-order chi connectivity index (χ1) is 13.3. The third kappa shape index (κ3) is 3.38. The van der Waals surface area contributed by atoms with Crippen molar-refractivity contribution in [2.75, 3.05) is 11.9 Å². The molecule has 1 aliphatic rings. The molecule has 1 N–H and O–H groups in total. The zero-order chi connectivity index (χ0) is 18.6. The number of amides is 1. The maximum atomic E-state index is 13.3. The summed E-state index contributed by atoms with van der Waals surface area (Å²) >= 11 is 0. The van der Waals surface area contributed by atoms with Gasteiger partial charge >= 0.3 is 0 Å². The molecule has 1 amide bonds. The summed E-state index contributed by atoms with van der Waals surface area (Å²) in [5.74, 6) is 1.57. The van der Waals surface area contributed by atoms with E-state index >= 15 is 0 Å². The fraction of sp³-hybridized carbons (Fsp3) is 0.174. The number of carbonyl (C=O) groups excluding carboxylic acids is 1. The largest absolute Gasteiger partial charge is 0.491 e. The highest BCUT2D eigenvalue weighted by atomic mass is 16.5. The summed E-state index contributed by atoms with van der Waals surface area (Å²) in [6, 6.07) is 22.9. The number of anilines is 1. The zero-order valence-electron chi connectivity index (χ0n) is 15.1. The minimum Gasteiger partial charge on any atom is -0.491 e. The molecule has 0 radical (unpaired) electrons. The molecular weight excluding hydrogens is 338 g/mol. The summed E-state index contributed by atoms with van der Waals surface area (Å²) in [4.78, 5) is 13.3. The summed E-state index contributed by atoms with van der Waals surface area (Å²) < 4.78 is 11.8. The van der Waals surface area contributed by atoms with Crippen LogP contribution in [0.5, 0.6) is 17.2 Å². The Bertz CT molecular complexity index is 922. The standard InChI is InChI=1S/C23H21NO3/c1-2-15-26-21-14-8-5-11-18(21)24-23(25)22-16-9-3-6-12-19(16)27-20-13-7-4-10-17(20)22/h3-14,22H,2,15H2,1H3,(H,24,25). The highest BCUT2D eigenvalue weighted by molar-refractivity contribution is 6.00. The summed E-state index contributed by atoms with van der Waals surface area (Å²) in [5.41, 5.74) is 2.40. The molecule has 1 aliphatic heterocycles. The number of hydrogen-bond donors (Lipinski definition) is 1. The predicted octanol–water partition coefficient (Wildman–Crippen LogP) is 5.35. The van der Waals surface area contributed by atoms with Gasteiger partial charge in [-0.3, -0.25) is 4.79 Å². The number of para-hydroxylation sites is 4. The van der Waals surface area contributed by atoms with Crippen LogP contribution in [0.15, 0.2) is 72.8 Å². The van der Waals surface area contributed by atoms with Crippen LogP contribution in [0.2, 0.25) is 0 Å². The number of fused-ring (bicyclic) bond motifs is 2. The molecule has 4 rings (SSSR count). The normalized spacial score (nSPS) is 12.5. The minimum atomic E-state index is -0.439. The monoisotopic (exact) mass is 359 g/mol. The Labute approximate surface area is 158 Å². The number of ether oxygens (including phenoxy) is 2. The Balaban J connectivity index is 1.69. The average molecular weight is 359 g/mol. The van der Waals surface area contributed by atoms with Gasteiger partial charge in [-0.05, 0) is 30.7 Å². The Morgan fingerprint density at radius 2 is 1.52 bits per heavy atom. The number of rotatable bonds is 5. The molecule has 0 aliphatic carbocycles. The topological polar surface area (TPSA) is 47.6 Å². The van der Waals surface area contributed by atoms with Gasteiger partial charge in [-0.2, -0.15) is 0 Å². The molecule has 0 atom stereocenters. The molecule has 3 aromatic rings. The van der Waals surface area contributed by atoms with Crippen LogP contribution in [-0.4, -0.2) is 12.5 Å². The van der Waals surface area contributed by atoms with Gasteiger partial charge in [0.15, 0.2) is 0 Å². The summed E-state index contributed by atoms with van der Waals surface area (Å²) in [6.45, 7) is 2.66. The molecule has 27 heavy (non-hydrogen) atoms. The third-order valence-corrected chi connectivity index (χ3v) is 4.55. The molecule has 3 aromatic carbocycles. The van der Waals surface area contributed by atoms with Crippen molar-refractivity contribution in [2.24, 2.45) is 0 Å². The van der Waals surface area contributed by atoms with Gasteiger partial charge in [-0.15, -0.1) is 0 Å². The van der Waals surface area contributed by atoms with E-state index < -0.39 is 5.92 Å². The molecule has 0 aromatic heterocycles. The second-order valence-electron chi connectivity index (χ2n) is 6.44. The Kier molecular flexibility index (Phi) is 4.79. The molecule has 4 nitrogen and oxygen atoms in total. The van der Waals surface area contributed by atoms with Crippen molar-refractivity contribution in [2.45, 2.75) is 19.3 Å². The van der Waals surface area contributed by atoms with Crippen molar-refractivity contribution >= 4 is 11.6 Å². The van der Waals surface area contributed by atoms with Crippen LogP contribution in [0.25, 0.3) is 0 Å². The van der Waals surface area contributed by atoms with E-state index in [0.29, 0.717) is 29.5 Å². The van der Waals surface area contributed by atoms with Gasteiger partial charge in [0, 0.05) is 11.1 Å². The second kappa shape index (κ2) is 7.54. The lowest BCUT2D eigenvalue weighted by Gasteiger charge is -2.27. The Hall–Kier alpha value is -3.27. The highest BCUT2D eigenvalue weighted by Gasteiger charge is 2.32. The Morgan fingerprint density at radius 3 is 2.19 bits per heavy atom. The SMILES string of the molecule is CCCOc1ccccc1NC(=O)C1c2ccccc2Oc2ccccc21. The smallest absolute Gasteiger partial charge is 0.236 e. The Morgan fingerprint density at radius 1 is 0.926 bits per heavy atom. The van der Waals surface area contributed by atoms with E-state index in [1.165, 1.54) is 0 Å². The van der Waals surface area contributed by atoms with E-state index in [0.717, 1.165) is 17.5 Å². The van der Waals surface area contributed by atoms with E-state index in [-0.39, 0.29) is 5.91 Å². The van der Waals surface area contributed by atoms with E-state index in [4.69, 9.17) is 9.47 Å². The van der Waals surface area contributed by atoms with Crippen molar-refractivity contribution in [3.63, 3.8) is 0 Å². The maximum absolute atomic E-state index is 13.3. The van der Waals surface area contributed by atoms with Gasteiger partial charge in [0.1, 0.15) is 17.2 Å². The lowest BCUT2D eigenvalue weighted by atomic mass is 9.87. The van der Waals surface area contributed by atoms with Crippen LogP contribution >= 0.6 is 0 Å². The number of benzene rings is 3. The average Bonchev–Trinajstić information content (AvgIpc) is 2.71. The molecule has 0 unspecified atom stereocenters. The van der Waals surface area contributed by atoms with Crippen LogP contribution in [0.1, 0.15) is 30.4 Å². The summed E-state index contributed by atoms with van der Waals surface area (Å²) in [6.07, 6.45) is 0.906. The van der Waals surface area contributed by atoms with Crippen molar-refractivity contribution in [1.82, 2.24) is 0 Å². The van der Waals surface area contributed by atoms with Gasteiger partial charge in [0.25, 0.3) is 0 Å². The third-order valence-electron chi connectivity index (χ3n) is 4.55. The molecule has 1 heterocycles. The highest BCUT2D eigenvalue weighted by Crippen LogP contribution is 2.44. The fourth-order valence-corrected chi connectivity index (χ4v) is 3.31. The van der Waals surface area contributed by atoms with E-state index in [1.54, 1.807) is 0 Å². The van der Waals surface area contributed by atoms with Crippen LogP contribution in [0, 0.1) is 0 Å². The van der Waals surface area contributed by atoms with Crippen molar-refractivity contribution in [3.05, 3.63) is 83.9 Å². The quantitative estimate of drug-likeness (QED) is 0.668. The molecule has 136 valence electrons. The first kappa shape index (κ1) is 17.2. The van der Waals surface area contributed by atoms with Crippen molar-refractivity contribution in [3.8, 4) is 17.2 Å². The first-order valence-electron chi connectivity index (χ1n) is 9.16. The van der Waals surface area contributed by atoms with Crippen LogP contribution in [-0.2, 0) is 4.79 Å². The molecular formula is C23H21NO3. The van der Waals surface area contributed by atoms with Crippen LogP contribution in [0.3, 0.4) is 0 Å². The van der Waals surface area contributed by atoms with Gasteiger partial charge in [-0.25, -0.2) is 0 Å². The molecule has 4 heteroatoms. The molecule has 0 bridgehead atoms.